The lowest BCUT2D eigenvalue weighted by atomic mass is 10.1. The van der Waals surface area contributed by atoms with Gasteiger partial charge in [-0.2, -0.15) is 4.98 Å². The number of pyridine rings is 1. The lowest BCUT2D eigenvalue weighted by Gasteiger charge is -2.28. The van der Waals surface area contributed by atoms with Gasteiger partial charge in [-0.1, -0.05) is 6.07 Å². The Bertz CT molecular complexity index is 1380. The predicted molar refractivity (Wildman–Crippen MR) is 147 cm³/mol. The standard InChI is InChI=1S/C29H34N4O4/c1-19-20(2)30-25-7-6-22(16-24(19)25)31-23-17-28(33-10-13-36-14-11-33)32-29(18-23)37-12-9-21-5-8-26(34-3)27(15-21)35-4/h5-8,15-18,30H,9-14H2,1-4H3,(H,31,32). The topological polar surface area (TPSA) is 80.9 Å². The van der Waals surface area contributed by atoms with Crippen molar-refractivity contribution in [1.29, 1.82) is 0 Å². The summed E-state index contributed by atoms with van der Waals surface area (Å²) in [6.07, 6.45) is 0.718. The molecule has 2 aromatic carbocycles. The van der Waals surface area contributed by atoms with Crippen molar-refractivity contribution in [3.05, 3.63) is 65.4 Å². The fourth-order valence-electron chi connectivity index (χ4n) is 4.61. The number of anilines is 3. The summed E-state index contributed by atoms with van der Waals surface area (Å²) in [4.78, 5) is 10.5. The smallest absolute Gasteiger partial charge is 0.217 e. The average Bonchev–Trinajstić information content (AvgIpc) is 3.21. The number of aromatic nitrogens is 2. The molecule has 0 atom stereocenters. The fraction of sp³-hybridized carbons (Fsp3) is 0.345. The molecule has 1 aliphatic heterocycles. The molecule has 0 spiro atoms. The van der Waals surface area contributed by atoms with Gasteiger partial charge in [0, 0.05) is 59.6 Å². The highest BCUT2D eigenvalue weighted by Crippen LogP contribution is 2.30. The second-order valence-corrected chi connectivity index (χ2v) is 9.20. The Kier molecular flexibility index (Phi) is 7.37. The molecule has 0 aliphatic carbocycles. The zero-order valence-corrected chi connectivity index (χ0v) is 21.9. The summed E-state index contributed by atoms with van der Waals surface area (Å²) in [7, 11) is 3.28. The van der Waals surface area contributed by atoms with Gasteiger partial charge in [-0.05, 0) is 55.3 Å². The summed E-state index contributed by atoms with van der Waals surface area (Å²) >= 11 is 0. The minimum atomic E-state index is 0.488. The summed E-state index contributed by atoms with van der Waals surface area (Å²) in [5.74, 6) is 2.89. The molecule has 8 heteroatoms. The third-order valence-electron chi connectivity index (χ3n) is 6.81. The van der Waals surface area contributed by atoms with Crippen LogP contribution in [0.3, 0.4) is 0 Å². The highest BCUT2D eigenvalue weighted by Gasteiger charge is 2.16. The van der Waals surface area contributed by atoms with E-state index in [-0.39, 0.29) is 0 Å². The van der Waals surface area contributed by atoms with Gasteiger partial charge in [0.05, 0.1) is 34.0 Å². The summed E-state index contributed by atoms with van der Waals surface area (Å²) in [5, 5.41) is 4.78. The zero-order chi connectivity index (χ0) is 25.8. The number of nitrogens with zero attached hydrogens (tertiary/aromatic N) is 2. The highest BCUT2D eigenvalue weighted by atomic mass is 16.5. The van der Waals surface area contributed by atoms with Gasteiger partial charge in [0.2, 0.25) is 5.88 Å². The maximum Gasteiger partial charge on any atom is 0.217 e. The van der Waals surface area contributed by atoms with Crippen molar-refractivity contribution < 1.29 is 18.9 Å². The average molecular weight is 503 g/mol. The van der Waals surface area contributed by atoms with E-state index in [1.54, 1.807) is 14.2 Å². The van der Waals surface area contributed by atoms with E-state index in [4.69, 9.17) is 23.9 Å². The van der Waals surface area contributed by atoms with Crippen molar-refractivity contribution in [2.45, 2.75) is 20.3 Å². The summed E-state index contributed by atoms with van der Waals surface area (Å²) < 4.78 is 22.5. The molecule has 0 saturated carbocycles. The molecule has 1 aliphatic rings. The number of rotatable bonds is 9. The lowest BCUT2D eigenvalue weighted by Crippen LogP contribution is -2.36. The Labute approximate surface area is 217 Å². The zero-order valence-electron chi connectivity index (χ0n) is 21.9. The van der Waals surface area contributed by atoms with Crippen LogP contribution in [-0.4, -0.2) is 57.1 Å². The van der Waals surface area contributed by atoms with E-state index in [9.17, 15) is 0 Å². The van der Waals surface area contributed by atoms with Gasteiger partial charge in [-0.3, -0.25) is 0 Å². The Morgan fingerprint density at radius 2 is 1.76 bits per heavy atom. The fourth-order valence-corrected chi connectivity index (χ4v) is 4.61. The lowest BCUT2D eigenvalue weighted by molar-refractivity contribution is 0.122. The number of benzene rings is 2. The maximum atomic E-state index is 6.16. The largest absolute Gasteiger partial charge is 0.493 e. The van der Waals surface area contributed by atoms with Crippen molar-refractivity contribution in [2.24, 2.45) is 0 Å². The number of morpholine rings is 1. The van der Waals surface area contributed by atoms with Gasteiger partial charge >= 0.3 is 0 Å². The number of fused-ring (bicyclic) bond motifs is 1. The third kappa shape index (κ3) is 5.59. The van der Waals surface area contributed by atoms with Gasteiger partial charge in [0.25, 0.3) is 0 Å². The molecule has 0 radical (unpaired) electrons. The third-order valence-corrected chi connectivity index (χ3v) is 6.81. The van der Waals surface area contributed by atoms with Crippen LogP contribution in [0.15, 0.2) is 48.5 Å². The summed E-state index contributed by atoms with van der Waals surface area (Å²) in [5.41, 5.74) is 6.65. The molecule has 37 heavy (non-hydrogen) atoms. The van der Waals surface area contributed by atoms with Crippen molar-refractivity contribution >= 4 is 28.1 Å². The molecule has 4 aromatic rings. The van der Waals surface area contributed by atoms with Crippen LogP contribution in [0.4, 0.5) is 17.2 Å². The second-order valence-electron chi connectivity index (χ2n) is 9.20. The van der Waals surface area contributed by atoms with Crippen LogP contribution in [0, 0.1) is 13.8 Å². The molecule has 194 valence electrons. The minimum Gasteiger partial charge on any atom is -0.493 e. The molecule has 3 heterocycles. The van der Waals surface area contributed by atoms with E-state index in [2.05, 4.69) is 53.3 Å². The predicted octanol–water partition coefficient (Wildman–Crippen LogP) is 5.40. The van der Waals surface area contributed by atoms with Crippen molar-refractivity contribution in [2.75, 3.05) is 57.3 Å². The van der Waals surface area contributed by atoms with Crippen molar-refractivity contribution in [1.82, 2.24) is 9.97 Å². The summed E-state index contributed by atoms with van der Waals surface area (Å²) in [6, 6.07) is 16.3. The summed E-state index contributed by atoms with van der Waals surface area (Å²) in [6.45, 7) is 7.72. The van der Waals surface area contributed by atoms with E-state index < -0.39 is 0 Å². The van der Waals surface area contributed by atoms with Gasteiger partial charge in [-0.25, -0.2) is 0 Å². The molecular weight excluding hydrogens is 468 g/mol. The van der Waals surface area contributed by atoms with Crippen LogP contribution in [-0.2, 0) is 11.2 Å². The van der Waals surface area contributed by atoms with Crippen molar-refractivity contribution in [3.63, 3.8) is 0 Å². The first-order chi connectivity index (χ1) is 18.0. The van der Waals surface area contributed by atoms with Crippen LogP contribution in [0.2, 0.25) is 0 Å². The molecule has 0 amide bonds. The number of ether oxygens (including phenoxy) is 4. The van der Waals surface area contributed by atoms with Crippen LogP contribution >= 0.6 is 0 Å². The first-order valence-electron chi connectivity index (χ1n) is 12.6. The molecule has 1 fully saturated rings. The van der Waals surface area contributed by atoms with E-state index in [0.717, 1.165) is 47.8 Å². The SMILES string of the molecule is COc1ccc(CCOc2cc(Nc3ccc4[nH]c(C)c(C)c4c3)cc(N3CCOCC3)n2)cc1OC. The molecule has 0 unspecified atom stereocenters. The maximum absolute atomic E-state index is 6.16. The van der Waals surface area contributed by atoms with Crippen LogP contribution in [0.5, 0.6) is 17.4 Å². The first-order valence-corrected chi connectivity index (χ1v) is 12.6. The molecular formula is C29H34N4O4. The molecule has 0 bridgehead atoms. The number of H-pyrrole nitrogens is 1. The normalized spacial score (nSPS) is 13.6. The Morgan fingerprint density at radius 3 is 2.54 bits per heavy atom. The molecule has 5 rings (SSSR count). The van der Waals surface area contributed by atoms with Crippen LogP contribution in [0.1, 0.15) is 16.8 Å². The number of nitrogens with one attached hydrogen (secondary N) is 2. The van der Waals surface area contributed by atoms with Gasteiger partial charge in [0.15, 0.2) is 11.5 Å². The molecule has 1 saturated heterocycles. The quantitative estimate of drug-likeness (QED) is 0.317. The Balaban J connectivity index is 1.36. The Morgan fingerprint density at radius 1 is 0.946 bits per heavy atom. The van der Waals surface area contributed by atoms with E-state index in [1.165, 1.54) is 16.6 Å². The molecule has 8 nitrogen and oxygen atoms in total. The van der Waals surface area contributed by atoms with Crippen LogP contribution < -0.4 is 24.4 Å². The van der Waals surface area contributed by atoms with E-state index >= 15 is 0 Å². The number of hydrogen-bond acceptors (Lipinski definition) is 7. The molecule has 2 N–H and O–H groups in total. The Hall–Kier alpha value is -3.91. The molecule has 2 aromatic heterocycles. The monoisotopic (exact) mass is 502 g/mol. The number of methoxy groups -OCH3 is 2. The number of aryl methyl sites for hydroxylation is 2. The van der Waals surface area contributed by atoms with E-state index in [0.29, 0.717) is 37.2 Å². The minimum absolute atomic E-state index is 0.488. The van der Waals surface area contributed by atoms with Crippen molar-refractivity contribution in [3.8, 4) is 17.4 Å². The number of aromatic amines is 1. The number of hydrogen-bond donors (Lipinski definition) is 2. The second kappa shape index (κ2) is 11.0. The van der Waals surface area contributed by atoms with Gasteiger partial charge in [0.1, 0.15) is 5.82 Å². The van der Waals surface area contributed by atoms with Crippen LogP contribution in [0.25, 0.3) is 10.9 Å². The first kappa shape index (κ1) is 24.8. The van der Waals surface area contributed by atoms with Gasteiger partial charge < -0.3 is 34.1 Å². The van der Waals surface area contributed by atoms with E-state index in [1.807, 2.05) is 24.3 Å². The van der Waals surface area contributed by atoms with Gasteiger partial charge in [-0.15, -0.1) is 0 Å². The highest BCUT2D eigenvalue weighted by molar-refractivity contribution is 5.88.